The van der Waals surface area contributed by atoms with Crippen LogP contribution in [0.15, 0.2) is 78.9 Å². The Labute approximate surface area is 206 Å². The minimum absolute atomic E-state index is 0.0136. The number of benzene rings is 3. The van der Waals surface area contributed by atoms with Gasteiger partial charge in [0.25, 0.3) is 11.8 Å². The third kappa shape index (κ3) is 7.17. The van der Waals surface area contributed by atoms with Crippen LogP contribution in [0.1, 0.15) is 47.9 Å². The van der Waals surface area contributed by atoms with E-state index in [1.807, 2.05) is 51.1 Å². The molecule has 0 heterocycles. The monoisotopic (exact) mass is 472 g/mol. The van der Waals surface area contributed by atoms with Crippen LogP contribution in [0, 0.1) is 0 Å². The van der Waals surface area contributed by atoms with E-state index in [1.54, 1.807) is 53.4 Å². The highest BCUT2D eigenvalue weighted by Crippen LogP contribution is 2.19. The summed E-state index contributed by atoms with van der Waals surface area (Å²) in [6.07, 6.45) is 0.847. The van der Waals surface area contributed by atoms with E-state index in [9.17, 15) is 14.4 Å². The molecular formula is C28H32N4O3. The van der Waals surface area contributed by atoms with Gasteiger partial charge in [0, 0.05) is 40.8 Å². The van der Waals surface area contributed by atoms with Crippen molar-refractivity contribution in [2.75, 3.05) is 28.6 Å². The Kier molecular flexibility index (Phi) is 9.01. The lowest BCUT2D eigenvalue weighted by atomic mass is 10.1. The van der Waals surface area contributed by atoms with E-state index < -0.39 is 0 Å². The Balaban J connectivity index is 1.60. The molecular weight excluding hydrogens is 440 g/mol. The summed E-state index contributed by atoms with van der Waals surface area (Å²) in [4.78, 5) is 39.6. The van der Waals surface area contributed by atoms with Crippen molar-refractivity contribution in [2.24, 2.45) is 0 Å². The second-order valence-corrected chi connectivity index (χ2v) is 8.23. The molecule has 0 spiro atoms. The van der Waals surface area contributed by atoms with Crippen molar-refractivity contribution >= 4 is 34.8 Å². The maximum absolute atomic E-state index is 13.1. The predicted octanol–water partition coefficient (Wildman–Crippen LogP) is 4.93. The van der Waals surface area contributed by atoms with E-state index >= 15 is 0 Å². The van der Waals surface area contributed by atoms with Crippen molar-refractivity contribution < 1.29 is 14.4 Å². The van der Waals surface area contributed by atoms with Gasteiger partial charge in [-0.1, -0.05) is 37.3 Å². The molecule has 0 saturated heterocycles. The molecule has 3 N–H and O–H groups in total. The average Bonchev–Trinajstić information content (AvgIpc) is 2.88. The number of rotatable bonds is 10. The van der Waals surface area contributed by atoms with Gasteiger partial charge in [-0.15, -0.1) is 0 Å². The Morgan fingerprint density at radius 3 is 2.17 bits per heavy atom. The third-order valence-corrected chi connectivity index (χ3v) is 5.59. The largest absolute Gasteiger partial charge is 0.376 e. The van der Waals surface area contributed by atoms with Gasteiger partial charge in [0.2, 0.25) is 5.91 Å². The molecule has 0 bridgehead atoms. The molecule has 3 aromatic rings. The molecule has 182 valence electrons. The fourth-order valence-electron chi connectivity index (χ4n) is 3.50. The number of carbonyl (C=O) groups is 3. The van der Waals surface area contributed by atoms with Crippen LogP contribution in [0.5, 0.6) is 0 Å². The number of anilines is 3. The normalized spacial score (nSPS) is 11.3. The first-order chi connectivity index (χ1) is 16.9. The quantitative estimate of drug-likeness (QED) is 0.390. The Morgan fingerprint density at radius 2 is 1.49 bits per heavy atom. The number of carbonyl (C=O) groups excluding carboxylic acids is 3. The molecule has 0 fully saturated rings. The summed E-state index contributed by atoms with van der Waals surface area (Å²) in [5, 5.41) is 8.80. The Morgan fingerprint density at radius 1 is 0.829 bits per heavy atom. The highest BCUT2D eigenvalue weighted by molar-refractivity contribution is 6.07. The van der Waals surface area contributed by atoms with Gasteiger partial charge in [0.05, 0.1) is 6.54 Å². The van der Waals surface area contributed by atoms with Crippen LogP contribution in [0.2, 0.25) is 0 Å². The van der Waals surface area contributed by atoms with Crippen molar-refractivity contribution in [3.05, 3.63) is 90.0 Å². The van der Waals surface area contributed by atoms with Crippen LogP contribution in [0.4, 0.5) is 17.1 Å². The first-order valence-electron chi connectivity index (χ1n) is 11.8. The van der Waals surface area contributed by atoms with Crippen LogP contribution >= 0.6 is 0 Å². The predicted molar refractivity (Wildman–Crippen MR) is 141 cm³/mol. The van der Waals surface area contributed by atoms with Crippen molar-refractivity contribution in [1.82, 2.24) is 5.32 Å². The van der Waals surface area contributed by atoms with Gasteiger partial charge in [0.15, 0.2) is 0 Å². The van der Waals surface area contributed by atoms with Gasteiger partial charge >= 0.3 is 0 Å². The molecule has 0 aliphatic heterocycles. The lowest BCUT2D eigenvalue weighted by Gasteiger charge is -2.21. The summed E-state index contributed by atoms with van der Waals surface area (Å²) >= 11 is 0. The van der Waals surface area contributed by atoms with Gasteiger partial charge < -0.3 is 20.9 Å². The molecule has 0 aromatic heterocycles. The maximum Gasteiger partial charge on any atom is 0.258 e. The van der Waals surface area contributed by atoms with Gasteiger partial charge in [-0.25, -0.2) is 0 Å². The first kappa shape index (κ1) is 25.5. The molecule has 0 saturated carbocycles. The van der Waals surface area contributed by atoms with Gasteiger partial charge in [0.1, 0.15) is 0 Å². The van der Waals surface area contributed by atoms with Crippen LogP contribution in [0.3, 0.4) is 0 Å². The minimum atomic E-state index is -0.264. The van der Waals surface area contributed by atoms with E-state index in [1.165, 1.54) is 0 Å². The molecule has 0 aliphatic rings. The second-order valence-electron chi connectivity index (χ2n) is 8.23. The molecule has 0 radical (unpaired) electrons. The molecule has 35 heavy (non-hydrogen) atoms. The first-order valence-corrected chi connectivity index (χ1v) is 11.8. The van der Waals surface area contributed by atoms with Crippen LogP contribution < -0.4 is 20.9 Å². The topological polar surface area (TPSA) is 90.5 Å². The Bertz CT molecular complexity index is 1160. The number of amides is 3. The minimum Gasteiger partial charge on any atom is -0.376 e. The van der Waals surface area contributed by atoms with Gasteiger partial charge in [-0.2, -0.15) is 0 Å². The highest BCUT2D eigenvalue weighted by atomic mass is 16.2. The molecule has 1 unspecified atom stereocenters. The van der Waals surface area contributed by atoms with E-state index in [2.05, 4.69) is 16.0 Å². The SMILES string of the molecule is CCC(C)NC(=O)c1cccc(NCC(=O)Nc2cccc(C(=O)N(CC)c3ccccc3)c2)c1. The molecule has 3 rings (SSSR count). The molecule has 7 nitrogen and oxygen atoms in total. The van der Waals surface area contributed by atoms with Crippen molar-refractivity contribution in [2.45, 2.75) is 33.2 Å². The zero-order chi connectivity index (χ0) is 25.2. The highest BCUT2D eigenvalue weighted by Gasteiger charge is 2.16. The van der Waals surface area contributed by atoms with Crippen molar-refractivity contribution in [3.8, 4) is 0 Å². The number of hydrogen-bond acceptors (Lipinski definition) is 4. The summed E-state index contributed by atoms with van der Waals surface area (Å²) in [6.45, 7) is 6.42. The summed E-state index contributed by atoms with van der Waals surface area (Å²) in [7, 11) is 0. The van der Waals surface area contributed by atoms with E-state index in [0.29, 0.717) is 29.0 Å². The van der Waals surface area contributed by atoms with E-state index in [4.69, 9.17) is 0 Å². The summed E-state index contributed by atoms with van der Waals surface area (Å²) < 4.78 is 0. The lowest BCUT2D eigenvalue weighted by molar-refractivity contribution is -0.114. The van der Waals surface area contributed by atoms with Crippen LogP contribution in [-0.4, -0.2) is 36.9 Å². The second kappa shape index (κ2) is 12.4. The lowest BCUT2D eigenvalue weighted by Crippen LogP contribution is -2.32. The molecule has 7 heteroatoms. The number of para-hydroxylation sites is 1. The fourth-order valence-corrected chi connectivity index (χ4v) is 3.50. The summed E-state index contributed by atoms with van der Waals surface area (Å²) in [6, 6.07) is 23.5. The molecule has 3 amide bonds. The third-order valence-electron chi connectivity index (χ3n) is 5.59. The molecule has 1 atom stereocenters. The average molecular weight is 473 g/mol. The smallest absolute Gasteiger partial charge is 0.258 e. The zero-order valence-corrected chi connectivity index (χ0v) is 20.4. The molecule has 0 aliphatic carbocycles. The fraction of sp³-hybridized carbons (Fsp3) is 0.250. The van der Waals surface area contributed by atoms with E-state index in [-0.39, 0.29) is 30.3 Å². The summed E-state index contributed by atoms with van der Waals surface area (Å²) in [5.74, 6) is -0.551. The van der Waals surface area contributed by atoms with E-state index in [0.717, 1.165) is 12.1 Å². The number of nitrogens with zero attached hydrogens (tertiary/aromatic N) is 1. The standard InChI is InChI=1S/C28H32N4O3/c1-4-20(3)30-27(34)21-11-9-13-23(17-21)29-19-26(33)31-24-14-10-12-22(18-24)28(35)32(5-2)25-15-7-6-8-16-25/h6-18,20,29H,4-5,19H2,1-3H3,(H,30,34)(H,31,33). The summed E-state index contributed by atoms with van der Waals surface area (Å²) in [5.41, 5.74) is 3.04. The maximum atomic E-state index is 13.1. The van der Waals surface area contributed by atoms with Crippen LogP contribution in [-0.2, 0) is 4.79 Å². The number of nitrogens with one attached hydrogen (secondary N) is 3. The van der Waals surface area contributed by atoms with Crippen molar-refractivity contribution in [1.29, 1.82) is 0 Å². The number of hydrogen-bond donors (Lipinski definition) is 3. The van der Waals surface area contributed by atoms with Gasteiger partial charge in [-0.3, -0.25) is 14.4 Å². The van der Waals surface area contributed by atoms with Gasteiger partial charge in [-0.05, 0) is 68.8 Å². The zero-order valence-electron chi connectivity index (χ0n) is 20.4. The van der Waals surface area contributed by atoms with Crippen molar-refractivity contribution in [3.63, 3.8) is 0 Å². The molecule has 3 aromatic carbocycles. The van der Waals surface area contributed by atoms with Crippen LogP contribution in [0.25, 0.3) is 0 Å². The Hall–Kier alpha value is -4.13.